The lowest BCUT2D eigenvalue weighted by Gasteiger charge is -2.15. The zero-order chi connectivity index (χ0) is 20.7. The Morgan fingerprint density at radius 3 is 2.70 bits per heavy atom. The van der Waals surface area contributed by atoms with Crippen molar-refractivity contribution in [3.05, 3.63) is 95.7 Å². The van der Waals surface area contributed by atoms with Crippen LogP contribution in [0.5, 0.6) is 0 Å². The van der Waals surface area contributed by atoms with Crippen LogP contribution in [0.25, 0.3) is 32.7 Å². The van der Waals surface area contributed by atoms with Gasteiger partial charge in [0.15, 0.2) is 11.3 Å². The molecule has 3 aromatic heterocycles. The van der Waals surface area contributed by atoms with Crippen molar-refractivity contribution in [2.24, 2.45) is 0 Å². The first kappa shape index (κ1) is 17.8. The fraction of sp³-hybridized carbons (Fsp3) is 0.0455. The van der Waals surface area contributed by atoms with Crippen molar-refractivity contribution in [1.82, 2.24) is 24.8 Å². The third-order valence-electron chi connectivity index (χ3n) is 4.78. The van der Waals surface area contributed by atoms with Crippen LogP contribution in [0, 0.1) is 6.57 Å². The molecule has 8 heteroatoms. The molecule has 0 saturated heterocycles. The molecule has 0 amide bonds. The molecule has 30 heavy (non-hydrogen) atoms. The molecule has 0 atom stereocenters. The summed E-state index contributed by atoms with van der Waals surface area (Å²) in [5.74, 6) is -4.00. The minimum absolute atomic E-state index is 0.206. The largest absolute Gasteiger partial charge is 0.333 e. The van der Waals surface area contributed by atoms with Gasteiger partial charge in [0, 0.05) is 17.1 Å². The van der Waals surface area contributed by atoms with Gasteiger partial charge in [-0.3, -0.25) is 4.98 Å². The topological polar surface area (TPSA) is 60.3 Å². The number of benzene rings is 2. The summed E-state index contributed by atoms with van der Waals surface area (Å²) in [7, 11) is 0. The second kappa shape index (κ2) is 6.67. The monoisotopic (exact) mass is 398 g/mol. The Kier molecular flexibility index (Phi) is 3.96. The molecule has 6 nitrogen and oxygen atoms in total. The zero-order valence-electron chi connectivity index (χ0n) is 15.4. The van der Waals surface area contributed by atoms with Crippen LogP contribution in [0.1, 0.15) is 11.4 Å². The van der Waals surface area contributed by atoms with E-state index in [1.54, 1.807) is 60.8 Å². The van der Waals surface area contributed by atoms with Crippen molar-refractivity contribution >= 4 is 22.2 Å². The van der Waals surface area contributed by atoms with Gasteiger partial charge < -0.3 is 0 Å². The molecule has 0 aliphatic heterocycles. The Bertz CT molecular complexity index is 1450. The van der Waals surface area contributed by atoms with Gasteiger partial charge in [-0.15, -0.1) is 10.2 Å². The van der Waals surface area contributed by atoms with Crippen LogP contribution < -0.4 is 0 Å². The van der Waals surface area contributed by atoms with Crippen molar-refractivity contribution < 1.29 is 8.78 Å². The Hall–Kier alpha value is -4.25. The molecule has 0 bridgehead atoms. The predicted molar refractivity (Wildman–Crippen MR) is 107 cm³/mol. The molecule has 0 spiro atoms. The highest BCUT2D eigenvalue weighted by Crippen LogP contribution is 2.36. The number of nitrogens with zero attached hydrogens (tertiary/aromatic N) is 6. The third-order valence-corrected chi connectivity index (χ3v) is 4.78. The molecule has 0 aliphatic rings. The smallest absolute Gasteiger partial charge is 0.256 e. The fourth-order valence-electron chi connectivity index (χ4n) is 3.27. The van der Waals surface area contributed by atoms with E-state index in [0.29, 0.717) is 27.8 Å². The summed E-state index contributed by atoms with van der Waals surface area (Å²) in [6, 6.07) is 17.7. The van der Waals surface area contributed by atoms with Crippen LogP contribution >= 0.6 is 0 Å². The number of aromatic nitrogens is 5. The normalized spacial score (nSPS) is 11.6. The van der Waals surface area contributed by atoms with E-state index < -0.39 is 11.7 Å². The Labute approximate surface area is 169 Å². The van der Waals surface area contributed by atoms with Gasteiger partial charge in [0.05, 0.1) is 17.8 Å². The summed E-state index contributed by atoms with van der Waals surface area (Å²) in [6.07, 6.45) is 1.61. The summed E-state index contributed by atoms with van der Waals surface area (Å²) in [4.78, 5) is 7.56. The first-order valence-corrected chi connectivity index (χ1v) is 9.00. The van der Waals surface area contributed by atoms with E-state index in [-0.39, 0.29) is 11.2 Å². The van der Waals surface area contributed by atoms with Gasteiger partial charge >= 0.3 is 5.92 Å². The lowest BCUT2D eigenvalue weighted by atomic mass is 10.0. The van der Waals surface area contributed by atoms with Gasteiger partial charge in [-0.25, -0.2) is 4.85 Å². The Balaban J connectivity index is 1.64. The highest BCUT2D eigenvalue weighted by Gasteiger charge is 2.40. The second-order valence-corrected chi connectivity index (χ2v) is 6.66. The van der Waals surface area contributed by atoms with Gasteiger partial charge in [0.2, 0.25) is 5.82 Å². The van der Waals surface area contributed by atoms with Crippen LogP contribution in [0.15, 0.2) is 72.9 Å². The van der Waals surface area contributed by atoms with Crippen molar-refractivity contribution in [2.45, 2.75) is 5.92 Å². The minimum Gasteiger partial charge on any atom is -0.256 e. The van der Waals surface area contributed by atoms with Gasteiger partial charge in [-0.1, -0.05) is 30.3 Å². The maximum Gasteiger partial charge on any atom is 0.333 e. The van der Waals surface area contributed by atoms with Gasteiger partial charge in [0.1, 0.15) is 0 Å². The molecule has 0 saturated carbocycles. The SMILES string of the molecule is [C-]#[N+]c1cccc(-c2ccc3nnc(C(F)(F)c4ccc5ncccc5c4)n3n2)c1. The predicted octanol–water partition coefficient (Wildman–Crippen LogP) is 5.03. The van der Waals surface area contributed by atoms with Crippen molar-refractivity contribution in [1.29, 1.82) is 0 Å². The lowest BCUT2D eigenvalue weighted by Crippen LogP contribution is -2.20. The lowest BCUT2D eigenvalue weighted by molar-refractivity contribution is 0.0307. The number of rotatable bonds is 3. The number of fused-ring (bicyclic) bond motifs is 2. The Morgan fingerprint density at radius 2 is 1.83 bits per heavy atom. The van der Waals surface area contributed by atoms with Gasteiger partial charge in [0.25, 0.3) is 0 Å². The summed E-state index contributed by atoms with van der Waals surface area (Å²) in [6.45, 7) is 7.15. The number of pyridine rings is 1. The standard InChI is InChI=1S/C22H12F2N6/c1-25-17-6-2-4-15(13-17)19-9-10-20-27-28-21(30(20)29-19)22(23,24)16-7-8-18-14(12-16)5-3-11-26-18/h2-13H. The van der Waals surface area contributed by atoms with Crippen LogP contribution in [0.4, 0.5) is 14.5 Å². The zero-order valence-corrected chi connectivity index (χ0v) is 15.4. The second-order valence-electron chi connectivity index (χ2n) is 6.66. The quantitative estimate of drug-likeness (QED) is 0.400. The van der Waals surface area contributed by atoms with E-state index in [0.717, 1.165) is 4.52 Å². The number of halogens is 2. The molecule has 144 valence electrons. The maximum atomic E-state index is 15.4. The molecule has 0 aliphatic carbocycles. The first-order chi connectivity index (χ1) is 14.6. The van der Waals surface area contributed by atoms with Crippen LogP contribution in [0.3, 0.4) is 0 Å². The van der Waals surface area contributed by atoms with E-state index in [9.17, 15) is 0 Å². The summed E-state index contributed by atoms with van der Waals surface area (Å²) in [5, 5.41) is 12.5. The maximum absolute atomic E-state index is 15.4. The third kappa shape index (κ3) is 2.84. The summed E-state index contributed by atoms with van der Waals surface area (Å²) in [5.41, 5.74) is 2.13. The molecule has 5 aromatic rings. The number of alkyl halides is 2. The fourth-order valence-corrected chi connectivity index (χ4v) is 3.27. The van der Waals surface area contributed by atoms with Crippen LogP contribution in [-0.4, -0.2) is 24.8 Å². The van der Waals surface area contributed by atoms with E-state index in [1.165, 1.54) is 12.1 Å². The molecule has 0 fully saturated rings. The first-order valence-electron chi connectivity index (χ1n) is 9.00. The highest BCUT2D eigenvalue weighted by molar-refractivity contribution is 5.79. The van der Waals surface area contributed by atoms with Crippen molar-refractivity contribution in [3.63, 3.8) is 0 Å². The summed E-state index contributed by atoms with van der Waals surface area (Å²) < 4.78 is 31.9. The molecular formula is C22H12F2N6. The van der Waals surface area contributed by atoms with E-state index in [2.05, 4.69) is 25.1 Å². The number of hydrogen-bond acceptors (Lipinski definition) is 4. The van der Waals surface area contributed by atoms with Gasteiger partial charge in [-0.05, 0) is 42.0 Å². The minimum atomic E-state index is -3.42. The summed E-state index contributed by atoms with van der Waals surface area (Å²) >= 11 is 0. The molecule has 0 unspecified atom stereocenters. The van der Waals surface area contributed by atoms with Crippen LogP contribution in [-0.2, 0) is 5.92 Å². The average molecular weight is 398 g/mol. The Morgan fingerprint density at radius 1 is 0.933 bits per heavy atom. The molecular weight excluding hydrogens is 386 g/mol. The molecule has 3 heterocycles. The number of hydrogen-bond donors (Lipinski definition) is 0. The van der Waals surface area contributed by atoms with Gasteiger partial charge in [-0.2, -0.15) is 18.4 Å². The molecule has 5 rings (SSSR count). The van der Waals surface area contributed by atoms with Crippen molar-refractivity contribution in [3.8, 4) is 11.3 Å². The van der Waals surface area contributed by atoms with E-state index >= 15 is 8.78 Å². The van der Waals surface area contributed by atoms with E-state index in [4.69, 9.17) is 6.57 Å². The van der Waals surface area contributed by atoms with E-state index in [1.807, 2.05) is 0 Å². The molecule has 0 radical (unpaired) electrons. The highest BCUT2D eigenvalue weighted by atomic mass is 19.3. The average Bonchev–Trinajstić information content (AvgIpc) is 3.23. The molecule has 2 aromatic carbocycles. The molecule has 0 N–H and O–H groups in total. The van der Waals surface area contributed by atoms with Crippen molar-refractivity contribution in [2.75, 3.05) is 0 Å². The van der Waals surface area contributed by atoms with Crippen LogP contribution in [0.2, 0.25) is 0 Å².